The third-order valence-electron chi connectivity index (χ3n) is 4.85. The molecule has 9 heteroatoms. The highest BCUT2D eigenvalue weighted by Crippen LogP contribution is 2.21. The van der Waals surface area contributed by atoms with Gasteiger partial charge in [-0.3, -0.25) is 20.4 Å². The summed E-state index contributed by atoms with van der Waals surface area (Å²) in [5.74, 6) is -0.780. The maximum atomic E-state index is 12.5. The van der Waals surface area contributed by atoms with Crippen LogP contribution in [0.3, 0.4) is 0 Å². The summed E-state index contributed by atoms with van der Waals surface area (Å²) in [5.41, 5.74) is 5.00. The Bertz CT molecular complexity index is 767. The van der Waals surface area contributed by atoms with Crippen LogP contribution in [0, 0.1) is 0 Å². The smallest absolute Gasteiger partial charge is 0.269 e. The van der Waals surface area contributed by atoms with E-state index in [1.54, 1.807) is 0 Å². The summed E-state index contributed by atoms with van der Waals surface area (Å²) < 4.78 is 31.8. The molecule has 2 aliphatic rings. The van der Waals surface area contributed by atoms with E-state index < -0.39 is 15.9 Å². The van der Waals surface area contributed by atoms with E-state index in [2.05, 4.69) is 10.9 Å². The molecule has 0 bridgehead atoms. The maximum Gasteiger partial charge on any atom is 0.269 e. The Balaban J connectivity index is 1.49. The lowest BCUT2D eigenvalue weighted by atomic mass is 10.1. The Hall–Kier alpha value is -1.97. The van der Waals surface area contributed by atoms with Gasteiger partial charge < -0.3 is 4.74 Å². The Morgan fingerprint density at radius 3 is 2.41 bits per heavy atom. The van der Waals surface area contributed by atoms with Crippen molar-refractivity contribution < 1.29 is 22.7 Å². The van der Waals surface area contributed by atoms with Crippen molar-refractivity contribution in [2.45, 2.75) is 49.5 Å². The minimum absolute atomic E-state index is 0.122. The largest absolute Gasteiger partial charge is 0.378 e. The van der Waals surface area contributed by atoms with Crippen LogP contribution in [0.15, 0.2) is 29.2 Å². The average molecular weight is 395 g/mol. The molecule has 1 atom stereocenters. The third-order valence-corrected chi connectivity index (χ3v) is 6.76. The topological polar surface area (TPSA) is 105 Å². The SMILES string of the molecule is O=C(CCC1CCCO1)NNC(=O)c1ccc(S(=O)(=O)N2CCCC2)cc1. The monoisotopic (exact) mass is 395 g/mol. The van der Waals surface area contributed by atoms with E-state index in [0.29, 0.717) is 19.5 Å². The fourth-order valence-electron chi connectivity index (χ4n) is 3.28. The van der Waals surface area contributed by atoms with Crippen LogP contribution in [-0.2, 0) is 19.6 Å². The van der Waals surface area contributed by atoms with Gasteiger partial charge in [0, 0.05) is 31.7 Å². The Morgan fingerprint density at radius 2 is 1.78 bits per heavy atom. The number of rotatable bonds is 6. The van der Waals surface area contributed by atoms with Gasteiger partial charge in [-0.25, -0.2) is 8.42 Å². The summed E-state index contributed by atoms with van der Waals surface area (Å²) in [6.45, 7) is 1.80. The van der Waals surface area contributed by atoms with Gasteiger partial charge in [0.25, 0.3) is 5.91 Å². The molecular weight excluding hydrogens is 370 g/mol. The van der Waals surface area contributed by atoms with Gasteiger partial charge in [-0.05, 0) is 56.4 Å². The summed E-state index contributed by atoms with van der Waals surface area (Å²) in [6, 6.07) is 5.72. The Kier molecular flexibility index (Phi) is 6.46. The first-order valence-corrected chi connectivity index (χ1v) is 10.7. The number of benzene rings is 1. The maximum absolute atomic E-state index is 12.5. The van der Waals surface area contributed by atoms with Crippen LogP contribution >= 0.6 is 0 Å². The molecule has 0 aromatic heterocycles. The van der Waals surface area contributed by atoms with Crippen molar-refractivity contribution in [3.8, 4) is 0 Å². The first kappa shape index (κ1) is 19.8. The lowest BCUT2D eigenvalue weighted by Gasteiger charge is -2.15. The van der Waals surface area contributed by atoms with Crippen LogP contribution in [0.1, 0.15) is 48.9 Å². The molecule has 27 heavy (non-hydrogen) atoms. The standard InChI is InChI=1S/C18H25N3O5S/c22-17(10-7-15-4-3-13-26-15)19-20-18(23)14-5-8-16(9-6-14)27(24,25)21-11-1-2-12-21/h5-6,8-9,15H,1-4,7,10-13H2,(H,19,22)(H,20,23). The molecule has 2 saturated heterocycles. The zero-order valence-corrected chi connectivity index (χ0v) is 16.0. The van der Waals surface area contributed by atoms with Gasteiger partial charge in [0.1, 0.15) is 0 Å². The molecule has 0 spiro atoms. The average Bonchev–Trinajstić information content (AvgIpc) is 3.38. The van der Waals surface area contributed by atoms with Crippen molar-refractivity contribution in [3.63, 3.8) is 0 Å². The van der Waals surface area contributed by atoms with Crippen molar-refractivity contribution in [3.05, 3.63) is 29.8 Å². The van der Waals surface area contributed by atoms with E-state index in [9.17, 15) is 18.0 Å². The highest BCUT2D eigenvalue weighted by Gasteiger charge is 2.27. The summed E-state index contributed by atoms with van der Waals surface area (Å²) in [6.07, 6.45) is 4.75. The van der Waals surface area contributed by atoms with Crippen molar-refractivity contribution in [2.75, 3.05) is 19.7 Å². The van der Waals surface area contributed by atoms with Gasteiger partial charge >= 0.3 is 0 Å². The van der Waals surface area contributed by atoms with E-state index >= 15 is 0 Å². The highest BCUT2D eigenvalue weighted by atomic mass is 32.2. The van der Waals surface area contributed by atoms with E-state index in [0.717, 1.165) is 32.3 Å². The van der Waals surface area contributed by atoms with Gasteiger partial charge in [0.05, 0.1) is 11.0 Å². The predicted molar refractivity (Wildman–Crippen MR) is 98.3 cm³/mol. The van der Waals surface area contributed by atoms with Gasteiger partial charge in [-0.15, -0.1) is 0 Å². The highest BCUT2D eigenvalue weighted by molar-refractivity contribution is 7.89. The first-order chi connectivity index (χ1) is 13.0. The van der Waals surface area contributed by atoms with Crippen LogP contribution < -0.4 is 10.9 Å². The molecule has 1 aromatic rings. The molecule has 3 rings (SSSR count). The van der Waals surface area contributed by atoms with Gasteiger partial charge in [-0.2, -0.15) is 4.31 Å². The first-order valence-electron chi connectivity index (χ1n) is 9.28. The second-order valence-corrected chi connectivity index (χ2v) is 8.75. The zero-order chi connectivity index (χ0) is 19.3. The van der Waals surface area contributed by atoms with Crippen LogP contribution in [0.5, 0.6) is 0 Å². The molecule has 0 aliphatic carbocycles. The molecular formula is C18H25N3O5S. The Labute approximate surface area is 159 Å². The van der Waals surface area contributed by atoms with Gasteiger partial charge in [-0.1, -0.05) is 0 Å². The number of amides is 2. The van der Waals surface area contributed by atoms with E-state index in [-0.39, 0.29) is 28.9 Å². The fourth-order valence-corrected chi connectivity index (χ4v) is 4.80. The normalized spacial score (nSPS) is 20.5. The number of nitrogens with one attached hydrogen (secondary N) is 2. The second kappa shape index (κ2) is 8.81. The van der Waals surface area contributed by atoms with Crippen LogP contribution in [-0.4, -0.2) is 50.3 Å². The number of carbonyl (C=O) groups is 2. The van der Waals surface area contributed by atoms with Crippen molar-refractivity contribution in [1.29, 1.82) is 0 Å². The quantitative estimate of drug-likeness (QED) is 0.704. The summed E-state index contributed by atoms with van der Waals surface area (Å²) in [7, 11) is -3.50. The number of nitrogens with zero attached hydrogens (tertiary/aromatic N) is 1. The van der Waals surface area contributed by atoms with Crippen molar-refractivity contribution in [1.82, 2.24) is 15.2 Å². The van der Waals surface area contributed by atoms with Crippen LogP contribution in [0.4, 0.5) is 0 Å². The zero-order valence-electron chi connectivity index (χ0n) is 15.1. The fraction of sp³-hybridized carbons (Fsp3) is 0.556. The second-order valence-electron chi connectivity index (χ2n) is 6.81. The minimum Gasteiger partial charge on any atom is -0.378 e. The summed E-state index contributed by atoms with van der Waals surface area (Å²) >= 11 is 0. The van der Waals surface area contributed by atoms with E-state index in [4.69, 9.17) is 4.74 Å². The molecule has 2 N–H and O–H groups in total. The number of ether oxygens (including phenoxy) is 1. The van der Waals surface area contributed by atoms with Crippen LogP contribution in [0.2, 0.25) is 0 Å². The molecule has 2 heterocycles. The van der Waals surface area contributed by atoms with E-state index in [1.807, 2.05) is 0 Å². The van der Waals surface area contributed by atoms with Crippen molar-refractivity contribution >= 4 is 21.8 Å². The molecule has 148 valence electrons. The third kappa shape index (κ3) is 5.06. The van der Waals surface area contributed by atoms with Gasteiger partial charge in [0.15, 0.2) is 0 Å². The molecule has 1 aromatic carbocycles. The van der Waals surface area contributed by atoms with Gasteiger partial charge in [0.2, 0.25) is 15.9 Å². The molecule has 0 radical (unpaired) electrons. The predicted octanol–water partition coefficient (Wildman–Crippen LogP) is 1.19. The van der Waals surface area contributed by atoms with E-state index in [1.165, 1.54) is 28.6 Å². The number of sulfonamides is 1. The number of carbonyl (C=O) groups excluding carboxylic acids is 2. The molecule has 2 amide bonds. The van der Waals surface area contributed by atoms with Crippen LogP contribution in [0.25, 0.3) is 0 Å². The number of hydrogen-bond donors (Lipinski definition) is 2. The molecule has 0 saturated carbocycles. The van der Waals surface area contributed by atoms with Crippen molar-refractivity contribution in [2.24, 2.45) is 0 Å². The number of hydrazine groups is 1. The minimum atomic E-state index is -3.50. The summed E-state index contributed by atoms with van der Waals surface area (Å²) in [5, 5.41) is 0. The number of hydrogen-bond acceptors (Lipinski definition) is 5. The molecule has 2 fully saturated rings. The molecule has 1 unspecified atom stereocenters. The molecule has 8 nitrogen and oxygen atoms in total. The Morgan fingerprint density at radius 1 is 1.07 bits per heavy atom. The lowest BCUT2D eigenvalue weighted by molar-refractivity contribution is -0.122. The molecule has 2 aliphatic heterocycles. The summed E-state index contributed by atoms with van der Waals surface area (Å²) in [4.78, 5) is 24.1. The lowest BCUT2D eigenvalue weighted by Crippen LogP contribution is -2.41.